The first-order chi connectivity index (χ1) is 16.5. The topological polar surface area (TPSA) is 98.1 Å². The molecule has 0 bridgehead atoms. The molecule has 0 saturated heterocycles. The molecule has 3 fully saturated rings. The fourth-order valence-electron chi connectivity index (χ4n) is 8.31. The Kier molecular flexibility index (Phi) is 6.01. The fraction of sp³-hybridized carbons (Fsp3) is 0.571. The van der Waals surface area contributed by atoms with Crippen molar-refractivity contribution in [3.05, 3.63) is 59.4 Å². The first kappa shape index (κ1) is 24.3. The van der Waals surface area contributed by atoms with Crippen molar-refractivity contribution in [2.45, 2.75) is 52.2 Å². The first-order valence-corrected chi connectivity index (χ1v) is 12.6. The predicted octanol–water partition coefficient (Wildman–Crippen LogP) is 4.22. The van der Waals surface area contributed by atoms with Crippen LogP contribution >= 0.6 is 0 Å². The number of halogens is 1. The Morgan fingerprint density at radius 3 is 2.63 bits per heavy atom. The zero-order valence-corrected chi connectivity index (χ0v) is 20.2. The van der Waals surface area contributed by atoms with Crippen molar-refractivity contribution < 1.29 is 29.4 Å². The van der Waals surface area contributed by atoms with Crippen LogP contribution < -0.4 is 0 Å². The zero-order valence-electron chi connectivity index (χ0n) is 20.2. The Hall–Kier alpha value is -2.35. The van der Waals surface area contributed by atoms with Crippen molar-refractivity contribution in [2.75, 3.05) is 6.54 Å². The number of aliphatic hydroxyl groups excluding tert-OH is 1. The van der Waals surface area contributed by atoms with Gasteiger partial charge in [-0.15, -0.1) is 0 Å². The van der Waals surface area contributed by atoms with Crippen LogP contribution in [-0.4, -0.2) is 44.9 Å². The molecule has 0 amide bonds. The van der Waals surface area contributed by atoms with E-state index in [1.807, 2.05) is 13.0 Å². The lowest BCUT2D eigenvalue weighted by Crippen LogP contribution is -2.56. The molecule has 35 heavy (non-hydrogen) atoms. The Bertz CT molecular complexity index is 1080. The molecule has 5 rings (SSSR count). The Morgan fingerprint density at radius 2 is 1.94 bits per heavy atom. The second-order valence-corrected chi connectivity index (χ2v) is 11.6. The standard InChI is InChI=1S/C28H34FNO5/c1-27-10-9-20(31)12-18(27)5-8-21-22-11-17(15-30(35)14-16-3-6-19(29)7-4-16)24(26(33)34)28(22,2)13-23(32)25(21)27/h3-4,6-7,9-10,12,17,21-25,32,35H,5,8,11,13-15H2,1-2H3,(H,33,34)/t17-,21-,22?,23?,24+,25?,27-,28-/m0/s1. The smallest absolute Gasteiger partial charge is 0.307 e. The molecule has 3 N–H and O–H groups in total. The van der Waals surface area contributed by atoms with E-state index in [9.17, 15) is 29.4 Å². The van der Waals surface area contributed by atoms with E-state index in [0.717, 1.165) is 29.0 Å². The van der Waals surface area contributed by atoms with E-state index in [1.54, 1.807) is 24.3 Å². The van der Waals surface area contributed by atoms with Gasteiger partial charge in [0, 0.05) is 24.4 Å². The molecule has 0 spiro atoms. The number of aliphatic carboxylic acids is 1. The molecule has 1 aromatic rings. The molecule has 4 aliphatic rings. The minimum atomic E-state index is -0.883. The summed E-state index contributed by atoms with van der Waals surface area (Å²) in [5, 5.41) is 33.6. The summed E-state index contributed by atoms with van der Waals surface area (Å²) >= 11 is 0. The number of carboxylic acid groups (broad SMARTS) is 1. The third-order valence-electron chi connectivity index (χ3n) is 9.66. The Morgan fingerprint density at radius 1 is 1.23 bits per heavy atom. The van der Waals surface area contributed by atoms with Crippen molar-refractivity contribution in [2.24, 2.45) is 40.4 Å². The lowest BCUT2D eigenvalue weighted by atomic mass is 9.47. The van der Waals surface area contributed by atoms with Gasteiger partial charge < -0.3 is 15.4 Å². The molecule has 0 aliphatic heterocycles. The molecule has 0 heterocycles. The van der Waals surface area contributed by atoms with Crippen LogP contribution in [0.25, 0.3) is 0 Å². The Balaban J connectivity index is 1.41. The van der Waals surface area contributed by atoms with Crippen molar-refractivity contribution in [1.29, 1.82) is 0 Å². The van der Waals surface area contributed by atoms with Crippen LogP contribution in [0.1, 0.15) is 45.1 Å². The molecular weight excluding hydrogens is 449 g/mol. The van der Waals surface area contributed by atoms with Crippen LogP contribution in [0, 0.1) is 46.2 Å². The molecule has 6 nitrogen and oxygen atoms in total. The van der Waals surface area contributed by atoms with Crippen molar-refractivity contribution in [3.8, 4) is 0 Å². The number of carbonyl (C=O) groups is 2. The van der Waals surface area contributed by atoms with Gasteiger partial charge in [0.25, 0.3) is 0 Å². The molecule has 3 saturated carbocycles. The highest BCUT2D eigenvalue weighted by Crippen LogP contribution is 2.67. The highest BCUT2D eigenvalue weighted by atomic mass is 19.1. The number of aliphatic hydroxyl groups is 1. The van der Waals surface area contributed by atoms with Crippen LogP contribution in [0.5, 0.6) is 0 Å². The highest BCUT2D eigenvalue weighted by Gasteiger charge is 2.65. The molecule has 0 radical (unpaired) electrons. The highest BCUT2D eigenvalue weighted by molar-refractivity contribution is 6.01. The zero-order chi connectivity index (χ0) is 25.1. The monoisotopic (exact) mass is 483 g/mol. The SMILES string of the molecule is C[C@]12C=CC(=O)C=C1CC[C@@H]1C2C(O)C[C@@]2(C)C1C[C@@H](CN(O)Cc1ccc(F)cc1)[C@@H]2C(=O)O. The number of benzene rings is 1. The molecule has 188 valence electrons. The summed E-state index contributed by atoms with van der Waals surface area (Å²) in [5.41, 5.74) is 0.828. The molecular formula is C28H34FNO5. The maximum Gasteiger partial charge on any atom is 0.307 e. The molecule has 1 aromatic carbocycles. The minimum Gasteiger partial charge on any atom is -0.481 e. The second-order valence-electron chi connectivity index (χ2n) is 11.6. The maximum atomic E-state index is 13.2. The van der Waals surface area contributed by atoms with E-state index in [1.165, 1.54) is 12.1 Å². The van der Waals surface area contributed by atoms with Gasteiger partial charge in [-0.05, 0) is 78.7 Å². The quantitative estimate of drug-likeness (QED) is 0.543. The number of hydrogen-bond acceptors (Lipinski definition) is 5. The number of allylic oxidation sites excluding steroid dienone is 4. The summed E-state index contributed by atoms with van der Waals surface area (Å²) in [4.78, 5) is 24.6. The normalized spacial score (nSPS) is 40.2. The molecule has 7 heteroatoms. The van der Waals surface area contributed by atoms with Crippen LogP contribution in [0.2, 0.25) is 0 Å². The number of carboxylic acids is 1. The number of ketones is 1. The van der Waals surface area contributed by atoms with Crippen molar-refractivity contribution in [3.63, 3.8) is 0 Å². The number of nitrogens with zero attached hydrogens (tertiary/aromatic N) is 1. The van der Waals surface area contributed by atoms with E-state index in [4.69, 9.17) is 0 Å². The molecule has 8 atom stereocenters. The lowest BCUT2D eigenvalue weighted by molar-refractivity contribution is -0.160. The minimum absolute atomic E-state index is 0.0119. The summed E-state index contributed by atoms with van der Waals surface area (Å²) in [5.74, 6) is -2.02. The summed E-state index contributed by atoms with van der Waals surface area (Å²) in [6.45, 7) is 4.49. The number of hydroxylamine groups is 2. The van der Waals surface area contributed by atoms with Crippen LogP contribution in [0.15, 0.2) is 48.1 Å². The van der Waals surface area contributed by atoms with E-state index < -0.39 is 28.8 Å². The summed E-state index contributed by atoms with van der Waals surface area (Å²) < 4.78 is 13.2. The van der Waals surface area contributed by atoms with Crippen molar-refractivity contribution >= 4 is 11.8 Å². The average Bonchev–Trinajstić information content (AvgIpc) is 3.06. The van der Waals surface area contributed by atoms with Gasteiger partial charge in [-0.3, -0.25) is 9.59 Å². The fourth-order valence-corrected chi connectivity index (χ4v) is 8.31. The summed E-state index contributed by atoms with van der Waals surface area (Å²) in [7, 11) is 0. The summed E-state index contributed by atoms with van der Waals surface area (Å²) in [6, 6.07) is 5.91. The van der Waals surface area contributed by atoms with E-state index in [0.29, 0.717) is 12.8 Å². The number of carbonyl (C=O) groups excluding carboxylic acids is 1. The molecule has 3 unspecified atom stereocenters. The van der Waals surface area contributed by atoms with Gasteiger partial charge in [0.2, 0.25) is 0 Å². The van der Waals surface area contributed by atoms with Gasteiger partial charge >= 0.3 is 5.97 Å². The predicted molar refractivity (Wildman–Crippen MR) is 127 cm³/mol. The van der Waals surface area contributed by atoms with Crippen LogP contribution in [-0.2, 0) is 16.1 Å². The van der Waals surface area contributed by atoms with Gasteiger partial charge in [-0.2, -0.15) is 5.06 Å². The van der Waals surface area contributed by atoms with Gasteiger partial charge in [0.1, 0.15) is 5.82 Å². The second kappa shape index (κ2) is 8.64. The molecule has 0 aromatic heterocycles. The third kappa shape index (κ3) is 3.98. The van der Waals surface area contributed by atoms with Gasteiger partial charge in [0.05, 0.1) is 12.0 Å². The maximum absolute atomic E-state index is 13.2. The van der Waals surface area contributed by atoms with E-state index in [-0.39, 0.29) is 48.4 Å². The average molecular weight is 484 g/mol. The van der Waals surface area contributed by atoms with E-state index in [2.05, 4.69) is 6.92 Å². The first-order valence-electron chi connectivity index (χ1n) is 12.6. The van der Waals surface area contributed by atoms with Gasteiger partial charge in [-0.25, -0.2) is 4.39 Å². The van der Waals surface area contributed by atoms with Gasteiger partial charge in [-0.1, -0.05) is 37.6 Å². The van der Waals surface area contributed by atoms with Crippen LogP contribution in [0.4, 0.5) is 4.39 Å². The molecule has 4 aliphatic carbocycles. The van der Waals surface area contributed by atoms with Gasteiger partial charge in [0.15, 0.2) is 5.78 Å². The Labute approximate surface area is 205 Å². The largest absolute Gasteiger partial charge is 0.481 e. The van der Waals surface area contributed by atoms with E-state index >= 15 is 0 Å². The third-order valence-corrected chi connectivity index (χ3v) is 9.66. The number of fused-ring (bicyclic) bond motifs is 5. The van der Waals surface area contributed by atoms with Crippen LogP contribution in [0.3, 0.4) is 0 Å². The number of hydrogen-bond donors (Lipinski definition) is 3. The summed E-state index contributed by atoms with van der Waals surface area (Å²) in [6.07, 6.45) is 7.25. The van der Waals surface area contributed by atoms with Crippen molar-refractivity contribution in [1.82, 2.24) is 5.06 Å². The number of rotatable bonds is 5. The lowest BCUT2D eigenvalue weighted by Gasteiger charge is -2.58.